The second-order valence-corrected chi connectivity index (χ2v) is 4.11. The summed E-state index contributed by atoms with van der Waals surface area (Å²) < 4.78 is 73.5. The fourth-order valence-electron chi connectivity index (χ4n) is 1.84. The lowest BCUT2D eigenvalue weighted by Crippen LogP contribution is -2.11. The number of hydrogen-bond donors (Lipinski definition) is 0. The van der Waals surface area contributed by atoms with Crippen molar-refractivity contribution >= 4 is 0 Å². The Morgan fingerprint density at radius 3 is 1.76 bits per heavy atom. The zero-order chi connectivity index (χ0) is 12.8. The molecule has 0 heterocycles. The Morgan fingerprint density at radius 1 is 0.882 bits per heavy atom. The number of alkyl halides is 6. The molecule has 1 aliphatic carbocycles. The molecule has 0 radical (unpaired) electrons. The van der Waals surface area contributed by atoms with E-state index < -0.39 is 29.8 Å². The van der Waals surface area contributed by atoms with Crippen LogP contribution in [0.15, 0.2) is 24.3 Å². The van der Waals surface area contributed by atoms with Crippen molar-refractivity contribution in [2.45, 2.75) is 24.7 Å². The van der Waals surface area contributed by atoms with Crippen molar-refractivity contribution in [2.75, 3.05) is 0 Å². The molecule has 1 aromatic carbocycles. The van der Waals surface area contributed by atoms with E-state index in [9.17, 15) is 26.3 Å². The fraction of sp³-hybridized carbons (Fsp3) is 0.455. The molecular weight excluding hydrogens is 246 g/mol. The molecule has 1 aliphatic rings. The molecule has 0 spiro atoms. The molecule has 1 saturated carbocycles. The van der Waals surface area contributed by atoms with Crippen LogP contribution in [0.5, 0.6) is 0 Å². The zero-order valence-electron chi connectivity index (χ0n) is 8.44. The number of rotatable bonds is 1. The van der Waals surface area contributed by atoms with Crippen molar-refractivity contribution < 1.29 is 26.3 Å². The SMILES string of the molecule is FC(F)(F)c1ccc([C@H]2C[C@@H]2C(F)(F)F)cc1. The molecule has 1 fully saturated rings. The lowest BCUT2D eigenvalue weighted by molar-refractivity contribution is -0.148. The number of halogens is 6. The minimum atomic E-state index is -4.45. The summed E-state index contributed by atoms with van der Waals surface area (Å²) in [5.41, 5.74) is -0.522. The van der Waals surface area contributed by atoms with E-state index in [1.807, 2.05) is 0 Å². The van der Waals surface area contributed by atoms with Crippen molar-refractivity contribution in [1.29, 1.82) is 0 Å². The highest BCUT2D eigenvalue weighted by Crippen LogP contribution is 2.56. The first-order chi connectivity index (χ1) is 7.69. The predicted molar refractivity (Wildman–Crippen MR) is 48.3 cm³/mol. The van der Waals surface area contributed by atoms with Gasteiger partial charge in [0.25, 0.3) is 0 Å². The van der Waals surface area contributed by atoms with E-state index in [4.69, 9.17) is 0 Å². The maximum Gasteiger partial charge on any atom is 0.416 e. The largest absolute Gasteiger partial charge is 0.416 e. The standard InChI is InChI=1S/C11H8F6/c12-10(13,14)7-3-1-6(2-4-7)8-5-9(8)11(15,16)17/h1-4,8-9H,5H2/t8-,9+/m1/s1. The third kappa shape index (κ3) is 2.56. The topological polar surface area (TPSA) is 0 Å². The van der Waals surface area contributed by atoms with Crippen molar-refractivity contribution in [3.63, 3.8) is 0 Å². The van der Waals surface area contributed by atoms with Gasteiger partial charge in [0.2, 0.25) is 0 Å². The molecule has 0 aliphatic heterocycles. The smallest absolute Gasteiger partial charge is 0.171 e. The molecule has 0 aromatic heterocycles. The Bertz CT molecular complexity index is 399. The van der Waals surface area contributed by atoms with Crippen LogP contribution in [-0.2, 0) is 6.18 Å². The van der Waals surface area contributed by atoms with Crippen LogP contribution in [0.2, 0.25) is 0 Å². The lowest BCUT2D eigenvalue weighted by atomic mass is 10.1. The van der Waals surface area contributed by atoms with Gasteiger partial charge in [0.05, 0.1) is 11.5 Å². The summed E-state index contributed by atoms with van der Waals surface area (Å²) in [7, 11) is 0. The summed E-state index contributed by atoms with van der Waals surface area (Å²) in [6, 6.07) is 3.89. The Labute approximate surface area is 93.2 Å². The van der Waals surface area contributed by atoms with Crippen LogP contribution in [0.3, 0.4) is 0 Å². The molecule has 2 rings (SSSR count). The molecule has 2 atom stereocenters. The third-order valence-corrected chi connectivity index (χ3v) is 2.88. The van der Waals surface area contributed by atoms with Gasteiger partial charge in [-0.2, -0.15) is 26.3 Å². The van der Waals surface area contributed by atoms with Crippen LogP contribution in [-0.4, -0.2) is 6.18 Å². The van der Waals surface area contributed by atoms with Gasteiger partial charge in [0.1, 0.15) is 0 Å². The summed E-state index contributed by atoms with van der Waals surface area (Å²) >= 11 is 0. The summed E-state index contributed by atoms with van der Waals surface area (Å²) in [5, 5.41) is 0. The van der Waals surface area contributed by atoms with Gasteiger partial charge in [-0.25, -0.2) is 0 Å². The highest BCUT2D eigenvalue weighted by Gasteiger charge is 2.56. The first-order valence-electron chi connectivity index (χ1n) is 4.93. The monoisotopic (exact) mass is 254 g/mol. The van der Waals surface area contributed by atoms with E-state index in [2.05, 4.69) is 0 Å². The van der Waals surface area contributed by atoms with Gasteiger partial charge >= 0.3 is 12.4 Å². The molecule has 94 valence electrons. The van der Waals surface area contributed by atoms with Crippen LogP contribution in [0.1, 0.15) is 23.5 Å². The predicted octanol–water partition coefficient (Wildman–Crippen LogP) is 4.37. The van der Waals surface area contributed by atoms with Crippen LogP contribution < -0.4 is 0 Å². The van der Waals surface area contributed by atoms with E-state index >= 15 is 0 Å². The van der Waals surface area contributed by atoms with E-state index in [0.29, 0.717) is 5.56 Å². The van der Waals surface area contributed by atoms with Gasteiger partial charge in [-0.05, 0) is 30.0 Å². The lowest BCUT2D eigenvalue weighted by Gasteiger charge is -2.08. The highest BCUT2D eigenvalue weighted by atomic mass is 19.4. The summed E-state index contributed by atoms with van der Waals surface area (Å²) in [4.78, 5) is 0. The second-order valence-electron chi connectivity index (χ2n) is 4.11. The normalized spacial score (nSPS) is 24.8. The van der Waals surface area contributed by atoms with Gasteiger partial charge in [-0.3, -0.25) is 0 Å². The average Bonchev–Trinajstić information content (AvgIpc) is 2.95. The summed E-state index contributed by atoms with van der Waals surface area (Å²) in [5.74, 6) is -2.09. The second kappa shape index (κ2) is 3.65. The van der Waals surface area contributed by atoms with Crippen molar-refractivity contribution in [1.82, 2.24) is 0 Å². The van der Waals surface area contributed by atoms with Gasteiger partial charge < -0.3 is 0 Å². The van der Waals surface area contributed by atoms with Crippen LogP contribution in [0.25, 0.3) is 0 Å². The van der Waals surface area contributed by atoms with Gasteiger partial charge in [-0.1, -0.05) is 12.1 Å². The maximum absolute atomic E-state index is 12.3. The maximum atomic E-state index is 12.3. The summed E-state index contributed by atoms with van der Waals surface area (Å²) in [6.07, 6.45) is -8.74. The molecule has 6 heteroatoms. The quantitative estimate of drug-likeness (QED) is 0.653. The molecule has 0 unspecified atom stereocenters. The van der Waals surface area contributed by atoms with Gasteiger partial charge in [0.15, 0.2) is 0 Å². The van der Waals surface area contributed by atoms with E-state index in [1.54, 1.807) is 0 Å². The number of hydrogen-bond acceptors (Lipinski definition) is 0. The molecule has 0 bridgehead atoms. The fourth-order valence-corrected chi connectivity index (χ4v) is 1.84. The Morgan fingerprint density at radius 2 is 1.41 bits per heavy atom. The van der Waals surface area contributed by atoms with Crippen molar-refractivity contribution in [3.8, 4) is 0 Å². The Hall–Kier alpha value is -1.20. The molecule has 17 heavy (non-hydrogen) atoms. The Kier molecular flexibility index (Phi) is 2.63. The van der Waals surface area contributed by atoms with E-state index in [0.717, 1.165) is 24.3 Å². The molecule has 0 N–H and O–H groups in total. The minimum Gasteiger partial charge on any atom is -0.171 e. The van der Waals surface area contributed by atoms with Crippen molar-refractivity contribution in [2.24, 2.45) is 5.92 Å². The van der Waals surface area contributed by atoms with Crippen LogP contribution >= 0.6 is 0 Å². The average molecular weight is 254 g/mol. The number of benzene rings is 1. The van der Waals surface area contributed by atoms with Crippen molar-refractivity contribution in [3.05, 3.63) is 35.4 Å². The van der Waals surface area contributed by atoms with E-state index in [1.165, 1.54) is 0 Å². The molecular formula is C11H8F6. The molecule has 0 saturated heterocycles. The first kappa shape index (κ1) is 12.3. The summed E-state index contributed by atoms with van der Waals surface area (Å²) in [6.45, 7) is 0. The molecule has 1 aromatic rings. The highest BCUT2D eigenvalue weighted by molar-refractivity contribution is 5.31. The van der Waals surface area contributed by atoms with Gasteiger partial charge in [-0.15, -0.1) is 0 Å². The zero-order valence-corrected chi connectivity index (χ0v) is 8.44. The van der Waals surface area contributed by atoms with Crippen LogP contribution in [0, 0.1) is 5.92 Å². The van der Waals surface area contributed by atoms with E-state index in [-0.39, 0.29) is 6.42 Å². The Balaban J connectivity index is 2.11. The third-order valence-electron chi connectivity index (χ3n) is 2.88. The van der Waals surface area contributed by atoms with Crippen LogP contribution in [0.4, 0.5) is 26.3 Å². The van der Waals surface area contributed by atoms with Gasteiger partial charge in [0, 0.05) is 0 Å². The minimum absolute atomic E-state index is 0.0329. The first-order valence-corrected chi connectivity index (χ1v) is 4.93. The molecule has 0 amide bonds. The molecule has 0 nitrogen and oxygen atoms in total.